The highest BCUT2D eigenvalue weighted by molar-refractivity contribution is 6.05. The number of aliphatic imine (C=N–C) groups is 1. The van der Waals surface area contributed by atoms with Crippen molar-refractivity contribution in [1.29, 1.82) is 0 Å². The molecular formula is C62H46N4. The van der Waals surface area contributed by atoms with E-state index in [0.29, 0.717) is 0 Å². The first-order valence-electron chi connectivity index (χ1n) is 22.6. The third-order valence-corrected chi connectivity index (χ3v) is 12.3. The summed E-state index contributed by atoms with van der Waals surface area (Å²) in [7, 11) is 0. The Morgan fingerprint density at radius 2 is 0.667 bits per heavy atom. The Labute approximate surface area is 386 Å². The largest absolute Gasteiger partial charge is 0.350 e. The van der Waals surface area contributed by atoms with Crippen LogP contribution in [-0.2, 0) is 0 Å². The van der Waals surface area contributed by atoms with Crippen LogP contribution in [0.4, 0.5) is 0 Å². The molecule has 2 N–H and O–H groups in total. The third kappa shape index (κ3) is 8.25. The van der Waals surface area contributed by atoms with Crippen LogP contribution >= 0.6 is 0 Å². The summed E-state index contributed by atoms with van der Waals surface area (Å²) in [5.41, 5.74) is 18.5. The molecule has 2 atom stereocenters. The standard InChI is InChI=1S/C62H46N4/c1-7-22-43(23-8-1)49-34-20-38-53(41-49)61-64-60(48-32-17-6-18-33-48)65-62(66-61)54-39-21-36-51(42-54)50-35-19-37-52(40-50)55-56(44-24-9-2-10-25-44)58(46-28-13-4-14-29-46)63-59(47-30-15-5-16-31-47)57(55)45-26-11-3-12-27-45/h1-42,60-61,64H,(H,65,66). The molecule has 0 radical (unpaired) electrons. The zero-order valence-electron chi connectivity index (χ0n) is 36.3. The first-order chi connectivity index (χ1) is 32.7. The van der Waals surface area contributed by atoms with Crippen molar-refractivity contribution in [3.05, 3.63) is 271 Å². The molecule has 2 unspecified atom stereocenters. The second-order valence-electron chi connectivity index (χ2n) is 16.6. The average Bonchev–Trinajstić information content (AvgIpc) is 3.41. The fraction of sp³-hybridized carbons (Fsp3) is 0.0323. The summed E-state index contributed by atoms with van der Waals surface area (Å²) in [4.78, 5) is 11.0. The Bertz CT molecular complexity index is 3180. The number of rotatable bonds is 10. The van der Waals surface area contributed by atoms with Gasteiger partial charge in [-0.3, -0.25) is 5.32 Å². The molecule has 1 aliphatic rings. The lowest BCUT2D eigenvalue weighted by Gasteiger charge is -2.32. The molecule has 11 rings (SSSR count). The van der Waals surface area contributed by atoms with Gasteiger partial charge in [-0.1, -0.05) is 237 Å². The van der Waals surface area contributed by atoms with E-state index < -0.39 is 0 Å². The Kier molecular flexibility index (Phi) is 11.2. The maximum Gasteiger partial charge on any atom is 0.131 e. The van der Waals surface area contributed by atoms with Crippen molar-refractivity contribution < 1.29 is 0 Å². The van der Waals surface area contributed by atoms with E-state index in [9.17, 15) is 0 Å². The van der Waals surface area contributed by atoms with E-state index in [1.165, 1.54) is 11.1 Å². The van der Waals surface area contributed by atoms with E-state index in [1.54, 1.807) is 0 Å². The fourth-order valence-electron chi connectivity index (χ4n) is 9.17. The molecule has 0 amide bonds. The van der Waals surface area contributed by atoms with Gasteiger partial charge in [-0.25, -0.2) is 9.98 Å². The lowest BCUT2D eigenvalue weighted by atomic mass is 9.82. The molecule has 9 aromatic carbocycles. The number of nitrogens with zero attached hydrogens (tertiary/aromatic N) is 2. The number of benzene rings is 9. The zero-order chi connectivity index (χ0) is 44.1. The van der Waals surface area contributed by atoms with E-state index in [0.717, 1.165) is 89.5 Å². The van der Waals surface area contributed by atoms with Gasteiger partial charge in [0, 0.05) is 33.4 Å². The van der Waals surface area contributed by atoms with Crippen LogP contribution in [0.1, 0.15) is 29.0 Å². The molecule has 0 bridgehead atoms. The maximum atomic E-state index is 5.65. The number of aromatic nitrogens is 1. The highest BCUT2D eigenvalue weighted by Gasteiger charge is 2.27. The second-order valence-corrected chi connectivity index (χ2v) is 16.6. The topological polar surface area (TPSA) is 49.3 Å². The van der Waals surface area contributed by atoms with Crippen molar-refractivity contribution in [2.24, 2.45) is 4.99 Å². The van der Waals surface area contributed by atoms with Crippen LogP contribution in [-0.4, -0.2) is 10.8 Å². The SMILES string of the molecule is c1ccc(-c2cccc(C3NC(c4cccc(-c5cccc(-c6c(-c7ccccc7)c(-c7ccccc7)nc(-c7ccccc7)c6-c6ccccc6)c5)c4)=NC(c4ccccc4)N3)c2)cc1. The van der Waals surface area contributed by atoms with Crippen molar-refractivity contribution in [1.82, 2.24) is 15.6 Å². The zero-order valence-corrected chi connectivity index (χ0v) is 36.3. The van der Waals surface area contributed by atoms with Crippen molar-refractivity contribution in [3.8, 4) is 78.1 Å². The molecule has 4 heteroatoms. The summed E-state index contributed by atoms with van der Waals surface area (Å²) >= 11 is 0. The van der Waals surface area contributed by atoms with Gasteiger partial charge in [-0.15, -0.1) is 0 Å². The molecule has 66 heavy (non-hydrogen) atoms. The number of hydrogen-bond donors (Lipinski definition) is 2. The van der Waals surface area contributed by atoms with Gasteiger partial charge in [-0.2, -0.15) is 0 Å². The van der Waals surface area contributed by atoms with Crippen molar-refractivity contribution in [2.45, 2.75) is 12.3 Å². The van der Waals surface area contributed by atoms with Crippen LogP contribution in [0.3, 0.4) is 0 Å². The van der Waals surface area contributed by atoms with E-state index in [-0.39, 0.29) is 12.3 Å². The summed E-state index contributed by atoms with van der Waals surface area (Å²) in [5, 5.41) is 7.61. The van der Waals surface area contributed by atoms with Gasteiger partial charge in [-0.05, 0) is 68.3 Å². The monoisotopic (exact) mass is 846 g/mol. The molecule has 1 aromatic heterocycles. The lowest BCUT2D eigenvalue weighted by molar-refractivity contribution is 0.409. The normalized spacial score (nSPS) is 14.5. The van der Waals surface area contributed by atoms with Gasteiger partial charge in [0.1, 0.15) is 18.2 Å². The fourth-order valence-corrected chi connectivity index (χ4v) is 9.17. The first-order valence-corrected chi connectivity index (χ1v) is 22.6. The first kappa shape index (κ1) is 40.3. The molecule has 0 spiro atoms. The minimum absolute atomic E-state index is 0.185. The van der Waals surface area contributed by atoms with Crippen LogP contribution in [0, 0.1) is 0 Å². The molecule has 314 valence electrons. The third-order valence-electron chi connectivity index (χ3n) is 12.3. The Hall–Kier alpha value is -8.44. The maximum absolute atomic E-state index is 5.65. The quantitative estimate of drug-likeness (QED) is 0.144. The van der Waals surface area contributed by atoms with E-state index in [4.69, 9.17) is 9.98 Å². The second kappa shape index (κ2) is 18.3. The summed E-state index contributed by atoms with van der Waals surface area (Å²) < 4.78 is 0. The Morgan fingerprint density at radius 1 is 0.288 bits per heavy atom. The van der Waals surface area contributed by atoms with Crippen LogP contribution in [0.15, 0.2) is 260 Å². The number of hydrogen-bond acceptors (Lipinski definition) is 4. The Morgan fingerprint density at radius 3 is 1.20 bits per heavy atom. The Balaban J connectivity index is 1.07. The highest BCUT2D eigenvalue weighted by atomic mass is 15.3. The molecule has 0 fully saturated rings. The van der Waals surface area contributed by atoms with E-state index in [1.807, 2.05) is 0 Å². The minimum atomic E-state index is -0.253. The smallest absolute Gasteiger partial charge is 0.131 e. The van der Waals surface area contributed by atoms with Crippen LogP contribution in [0.25, 0.3) is 78.1 Å². The lowest BCUT2D eigenvalue weighted by Crippen LogP contribution is -2.45. The summed E-state index contributed by atoms with van der Waals surface area (Å²) in [6.07, 6.45) is -0.438. The molecular weight excluding hydrogens is 801 g/mol. The number of amidine groups is 1. The summed E-state index contributed by atoms with van der Waals surface area (Å²) in [6, 6.07) is 90.2. The predicted octanol–water partition coefficient (Wildman–Crippen LogP) is 15.1. The van der Waals surface area contributed by atoms with Gasteiger partial charge < -0.3 is 5.32 Å². The molecule has 1 aliphatic heterocycles. The van der Waals surface area contributed by atoms with Gasteiger partial charge in [0.25, 0.3) is 0 Å². The number of pyridine rings is 1. The van der Waals surface area contributed by atoms with E-state index in [2.05, 4.69) is 265 Å². The van der Waals surface area contributed by atoms with Gasteiger partial charge in [0.2, 0.25) is 0 Å². The summed E-state index contributed by atoms with van der Waals surface area (Å²) in [5.74, 6) is 0.836. The average molecular weight is 847 g/mol. The van der Waals surface area contributed by atoms with Gasteiger partial charge in [0.15, 0.2) is 0 Å². The van der Waals surface area contributed by atoms with Gasteiger partial charge in [0.05, 0.1) is 11.4 Å². The molecule has 2 heterocycles. The number of nitrogens with one attached hydrogen (secondary N) is 2. The van der Waals surface area contributed by atoms with Crippen molar-refractivity contribution in [3.63, 3.8) is 0 Å². The molecule has 4 nitrogen and oxygen atoms in total. The molecule has 0 aliphatic carbocycles. The summed E-state index contributed by atoms with van der Waals surface area (Å²) in [6.45, 7) is 0. The van der Waals surface area contributed by atoms with Crippen LogP contribution in [0.5, 0.6) is 0 Å². The molecule has 0 saturated carbocycles. The molecule has 10 aromatic rings. The van der Waals surface area contributed by atoms with Crippen LogP contribution in [0.2, 0.25) is 0 Å². The van der Waals surface area contributed by atoms with Gasteiger partial charge >= 0.3 is 0 Å². The van der Waals surface area contributed by atoms with E-state index >= 15 is 0 Å². The van der Waals surface area contributed by atoms with Crippen molar-refractivity contribution >= 4 is 5.84 Å². The molecule has 0 saturated heterocycles. The highest BCUT2D eigenvalue weighted by Crippen LogP contribution is 2.49. The van der Waals surface area contributed by atoms with Crippen LogP contribution < -0.4 is 10.6 Å². The van der Waals surface area contributed by atoms with Crippen molar-refractivity contribution in [2.75, 3.05) is 0 Å². The minimum Gasteiger partial charge on any atom is -0.350 e. The predicted molar refractivity (Wildman–Crippen MR) is 273 cm³/mol.